The summed E-state index contributed by atoms with van der Waals surface area (Å²) >= 11 is 0. The van der Waals surface area contributed by atoms with E-state index < -0.39 is 0 Å². The van der Waals surface area contributed by atoms with Crippen molar-refractivity contribution in [1.29, 1.82) is 0 Å². The molecule has 20 heavy (non-hydrogen) atoms. The second kappa shape index (κ2) is 6.02. The van der Waals surface area contributed by atoms with Crippen LogP contribution in [-0.4, -0.2) is 33.0 Å². The molecule has 1 aromatic rings. The molecule has 0 aliphatic carbocycles. The highest BCUT2D eigenvalue weighted by atomic mass is 16.5. The predicted molar refractivity (Wildman–Crippen MR) is 77.4 cm³/mol. The van der Waals surface area contributed by atoms with Crippen LogP contribution >= 0.6 is 0 Å². The number of ether oxygens (including phenoxy) is 3. The van der Waals surface area contributed by atoms with Crippen molar-refractivity contribution in [2.75, 3.05) is 26.9 Å². The van der Waals surface area contributed by atoms with Crippen LogP contribution in [0, 0.1) is 5.92 Å². The lowest BCUT2D eigenvalue weighted by Gasteiger charge is -2.23. The van der Waals surface area contributed by atoms with Gasteiger partial charge < -0.3 is 19.5 Å². The van der Waals surface area contributed by atoms with Gasteiger partial charge in [0.15, 0.2) is 11.5 Å². The second-order valence-corrected chi connectivity index (χ2v) is 5.66. The molecular weight excluding hydrogens is 254 g/mol. The summed E-state index contributed by atoms with van der Waals surface area (Å²) in [6, 6.07) is 6.58. The Morgan fingerprint density at radius 1 is 1.20 bits per heavy atom. The van der Waals surface area contributed by atoms with Gasteiger partial charge in [-0.2, -0.15) is 0 Å². The van der Waals surface area contributed by atoms with Gasteiger partial charge in [-0.15, -0.1) is 0 Å². The number of hydrogen-bond acceptors (Lipinski definition) is 4. The van der Waals surface area contributed by atoms with Crippen LogP contribution in [0.15, 0.2) is 18.2 Å². The molecule has 4 nitrogen and oxygen atoms in total. The van der Waals surface area contributed by atoms with Gasteiger partial charge in [0, 0.05) is 18.4 Å². The maximum atomic E-state index is 5.78. The van der Waals surface area contributed by atoms with Crippen molar-refractivity contribution in [2.45, 2.75) is 31.9 Å². The van der Waals surface area contributed by atoms with Crippen LogP contribution in [0.25, 0.3) is 0 Å². The molecule has 0 spiro atoms. The van der Waals surface area contributed by atoms with E-state index in [1.54, 1.807) is 0 Å². The molecule has 0 radical (unpaired) electrons. The number of hydrogen-bond donors (Lipinski definition) is 1. The Balaban J connectivity index is 1.83. The number of nitrogens with one attached hydrogen (secondary N) is 1. The molecule has 1 aromatic carbocycles. The lowest BCUT2D eigenvalue weighted by Crippen LogP contribution is -2.25. The summed E-state index contributed by atoms with van der Waals surface area (Å²) in [4.78, 5) is 0. The van der Waals surface area contributed by atoms with E-state index >= 15 is 0 Å². The van der Waals surface area contributed by atoms with Gasteiger partial charge >= 0.3 is 0 Å². The third kappa shape index (κ3) is 2.76. The smallest absolute Gasteiger partial charge is 0.161 e. The van der Waals surface area contributed by atoms with Crippen LogP contribution in [0.5, 0.6) is 11.5 Å². The normalized spacial score (nSPS) is 27.1. The molecular formula is C16H23NO3. The Morgan fingerprint density at radius 2 is 2.00 bits per heavy atom. The van der Waals surface area contributed by atoms with E-state index in [0.717, 1.165) is 44.2 Å². The summed E-state index contributed by atoms with van der Waals surface area (Å²) in [7, 11) is 2.01. The topological polar surface area (TPSA) is 39.7 Å². The molecule has 1 N–H and O–H groups in total. The second-order valence-electron chi connectivity index (χ2n) is 5.66. The first kappa shape index (κ1) is 13.7. The molecule has 4 heteroatoms. The summed E-state index contributed by atoms with van der Waals surface area (Å²) in [6.07, 6.45) is 2.39. The van der Waals surface area contributed by atoms with Crippen molar-refractivity contribution in [1.82, 2.24) is 5.32 Å². The molecule has 3 rings (SSSR count). The summed E-state index contributed by atoms with van der Waals surface area (Å²) < 4.78 is 17.2. The van der Waals surface area contributed by atoms with Crippen molar-refractivity contribution < 1.29 is 14.2 Å². The van der Waals surface area contributed by atoms with Crippen molar-refractivity contribution in [3.8, 4) is 11.5 Å². The lowest BCUT2D eigenvalue weighted by molar-refractivity contribution is 0.117. The average molecular weight is 277 g/mol. The Kier molecular flexibility index (Phi) is 4.13. The first-order valence-corrected chi connectivity index (χ1v) is 7.46. The molecule has 2 aliphatic rings. The first-order chi connectivity index (χ1) is 9.78. The zero-order valence-corrected chi connectivity index (χ0v) is 12.2. The molecule has 0 aromatic heterocycles. The van der Waals surface area contributed by atoms with Crippen LogP contribution in [0.2, 0.25) is 0 Å². The molecule has 3 atom stereocenters. The number of benzene rings is 1. The van der Waals surface area contributed by atoms with Crippen molar-refractivity contribution in [2.24, 2.45) is 5.92 Å². The maximum Gasteiger partial charge on any atom is 0.161 e. The number of rotatable bonds is 3. The molecule has 3 unspecified atom stereocenters. The third-order valence-electron chi connectivity index (χ3n) is 4.14. The molecule has 0 saturated carbocycles. The maximum absolute atomic E-state index is 5.78. The first-order valence-electron chi connectivity index (χ1n) is 7.46. The molecule has 0 amide bonds. The SMILES string of the molecule is CNC(c1ccc2c(c1)OCCCO2)C1COC(C)C1. The van der Waals surface area contributed by atoms with Crippen LogP contribution in [0.1, 0.15) is 31.4 Å². The van der Waals surface area contributed by atoms with E-state index in [1.807, 2.05) is 13.1 Å². The monoisotopic (exact) mass is 277 g/mol. The van der Waals surface area contributed by atoms with Gasteiger partial charge in [0.25, 0.3) is 0 Å². The summed E-state index contributed by atoms with van der Waals surface area (Å²) in [5.41, 5.74) is 1.25. The zero-order chi connectivity index (χ0) is 13.9. The predicted octanol–water partition coefficient (Wildman–Crippen LogP) is 2.53. The lowest BCUT2D eigenvalue weighted by atomic mass is 9.91. The summed E-state index contributed by atoms with van der Waals surface area (Å²) in [5, 5.41) is 3.43. The average Bonchev–Trinajstić information content (AvgIpc) is 2.75. The van der Waals surface area contributed by atoms with E-state index in [9.17, 15) is 0 Å². The Hall–Kier alpha value is -1.26. The van der Waals surface area contributed by atoms with Crippen molar-refractivity contribution in [3.05, 3.63) is 23.8 Å². The van der Waals surface area contributed by atoms with Gasteiger partial charge in [0.1, 0.15) is 0 Å². The third-order valence-corrected chi connectivity index (χ3v) is 4.14. The van der Waals surface area contributed by atoms with Crippen molar-refractivity contribution >= 4 is 0 Å². The van der Waals surface area contributed by atoms with Crippen LogP contribution in [0.3, 0.4) is 0 Å². The van der Waals surface area contributed by atoms with Crippen LogP contribution in [0.4, 0.5) is 0 Å². The van der Waals surface area contributed by atoms with E-state index in [2.05, 4.69) is 24.4 Å². The summed E-state index contributed by atoms with van der Waals surface area (Å²) in [6.45, 7) is 4.42. The minimum atomic E-state index is 0.303. The molecule has 1 fully saturated rings. The fourth-order valence-corrected chi connectivity index (χ4v) is 3.13. The highest BCUT2D eigenvalue weighted by Gasteiger charge is 2.30. The molecule has 110 valence electrons. The van der Waals surface area contributed by atoms with E-state index in [4.69, 9.17) is 14.2 Å². The molecule has 2 heterocycles. The Bertz CT molecular complexity index is 463. The Labute approximate surface area is 120 Å². The minimum Gasteiger partial charge on any atom is -0.490 e. The highest BCUT2D eigenvalue weighted by molar-refractivity contribution is 5.44. The van der Waals surface area contributed by atoms with Gasteiger partial charge in [0.05, 0.1) is 25.9 Å². The van der Waals surface area contributed by atoms with Crippen LogP contribution in [-0.2, 0) is 4.74 Å². The minimum absolute atomic E-state index is 0.303. The van der Waals surface area contributed by atoms with Crippen LogP contribution < -0.4 is 14.8 Å². The van der Waals surface area contributed by atoms with E-state index in [-0.39, 0.29) is 0 Å². The van der Waals surface area contributed by atoms with Gasteiger partial charge in [-0.25, -0.2) is 0 Å². The zero-order valence-electron chi connectivity index (χ0n) is 12.2. The quantitative estimate of drug-likeness (QED) is 0.921. The van der Waals surface area contributed by atoms with Gasteiger partial charge in [0.2, 0.25) is 0 Å². The standard InChI is InChI=1S/C16H23NO3/c1-11-8-13(10-20-11)16(17-2)12-4-5-14-15(9-12)19-7-3-6-18-14/h4-5,9,11,13,16-17H,3,6-8,10H2,1-2H3. The van der Waals surface area contributed by atoms with Gasteiger partial charge in [-0.05, 0) is 38.1 Å². The fourth-order valence-electron chi connectivity index (χ4n) is 3.13. The van der Waals surface area contributed by atoms with E-state index in [0.29, 0.717) is 18.1 Å². The fraction of sp³-hybridized carbons (Fsp3) is 0.625. The molecule has 0 bridgehead atoms. The van der Waals surface area contributed by atoms with Crippen molar-refractivity contribution in [3.63, 3.8) is 0 Å². The summed E-state index contributed by atoms with van der Waals surface area (Å²) in [5.74, 6) is 2.24. The van der Waals surface area contributed by atoms with Gasteiger partial charge in [-0.3, -0.25) is 0 Å². The Morgan fingerprint density at radius 3 is 2.70 bits per heavy atom. The largest absolute Gasteiger partial charge is 0.490 e. The number of fused-ring (bicyclic) bond motifs is 1. The highest BCUT2D eigenvalue weighted by Crippen LogP contribution is 2.36. The molecule has 1 saturated heterocycles. The van der Waals surface area contributed by atoms with Gasteiger partial charge in [-0.1, -0.05) is 6.07 Å². The van der Waals surface area contributed by atoms with E-state index in [1.165, 1.54) is 5.56 Å². The molecule has 2 aliphatic heterocycles.